The summed E-state index contributed by atoms with van der Waals surface area (Å²) in [5.74, 6) is -1.60. The fourth-order valence-corrected chi connectivity index (χ4v) is 0.957. The quantitative estimate of drug-likeness (QED) is 0.646. The van der Waals surface area contributed by atoms with Crippen LogP contribution in [0.5, 0.6) is 0 Å². The van der Waals surface area contributed by atoms with Crippen molar-refractivity contribution in [1.29, 1.82) is 0 Å². The molecule has 0 aromatic heterocycles. The number of imide groups is 1. The van der Waals surface area contributed by atoms with Crippen molar-refractivity contribution in [3.05, 3.63) is 0 Å². The van der Waals surface area contributed by atoms with E-state index in [4.69, 9.17) is 4.84 Å². The zero-order valence-electron chi connectivity index (χ0n) is 8.99. The number of likely N-dealkylation sites (N-methyl/N-ethyl adjacent to an activating group) is 1. The first kappa shape index (κ1) is 11.6. The number of carbonyl (C=O) groups is 3. The molecule has 0 bridgehead atoms. The van der Waals surface area contributed by atoms with Crippen molar-refractivity contribution in [2.75, 3.05) is 7.05 Å². The molecule has 0 atom stereocenters. The Labute approximate surface area is 87.5 Å². The lowest BCUT2D eigenvalue weighted by Crippen LogP contribution is -2.49. The maximum Gasteiger partial charge on any atom is 0.352 e. The molecule has 0 spiro atoms. The zero-order chi connectivity index (χ0) is 11.6. The minimum absolute atomic E-state index is 0.103. The number of rotatable bonds is 3. The molecule has 0 radical (unpaired) electrons. The summed E-state index contributed by atoms with van der Waals surface area (Å²) >= 11 is 0. The van der Waals surface area contributed by atoms with Crippen molar-refractivity contribution in [3.63, 3.8) is 0 Å². The zero-order valence-corrected chi connectivity index (χ0v) is 8.99. The van der Waals surface area contributed by atoms with Crippen LogP contribution >= 0.6 is 0 Å². The molecule has 6 nitrogen and oxygen atoms in total. The van der Waals surface area contributed by atoms with Crippen LogP contribution in [0.2, 0.25) is 0 Å². The number of amides is 2. The van der Waals surface area contributed by atoms with Gasteiger partial charge in [0, 0.05) is 12.8 Å². The van der Waals surface area contributed by atoms with Crippen molar-refractivity contribution >= 4 is 17.8 Å². The van der Waals surface area contributed by atoms with Crippen molar-refractivity contribution < 1.29 is 19.2 Å². The van der Waals surface area contributed by atoms with Gasteiger partial charge in [0.1, 0.15) is 5.54 Å². The minimum atomic E-state index is -0.927. The van der Waals surface area contributed by atoms with E-state index in [0.717, 1.165) is 0 Å². The van der Waals surface area contributed by atoms with Gasteiger partial charge in [0.2, 0.25) is 0 Å². The van der Waals surface area contributed by atoms with E-state index in [1.54, 1.807) is 20.9 Å². The van der Waals surface area contributed by atoms with Crippen molar-refractivity contribution in [3.8, 4) is 0 Å². The Bertz CT molecular complexity index is 295. The molecular formula is C9H14N2O4. The van der Waals surface area contributed by atoms with Crippen LogP contribution in [0.1, 0.15) is 26.7 Å². The average molecular weight is 214 g/mol. The maximum absolute atomic E-state index is 11.5. The topological polar surface area (TPSA) is 75.7 Å². The number of hydroxylamine groups is 2. The largest absolute Gasteiger partial charge is 0.352 e. The van der Waals surface area contributed by atoms with Crippen LogP contribution in [-0.2, 0) is 19.2 Å². The fraction of sp³-hybridized carbons (Fsp3) is 0.667. The molecule has 0 aromatic rings. The summed E-state index contributed by atoms with van der Waals surface area (Å²) in [6.07, 6.45) is 0.207. The summed E-state index contributed by atoms with van der Waals surface area (Å²) < 4.78 is 0. The van der Waals surface area contributed by atoms with E-state index in [0.29, 0.717) is 5.06 Å². The van der Waals surface area contributed by atoms with Crippen LogP contribution in [0.25, 0.3) is 0 Å². The van der Waals surface area contributed by atoms with Gasteiger partial charge in [0.05, 0.1) is 0 Å². The lowest BCUT2D eigenvalue weighted by atomic mass is 10.1. The first-order valence-corrected chi connectivity index (χ1v) is 4.65. The molecule has 84 valence electrons. The highest BCUT2D eigenvalue weighted by atomic mass is 16.7. The molecule has 1 fully saturated rings. The highest BCUT2D eigenvalue weighted by molar-refractivity contribution is 6.01. The van der Waals surface area contributed by atoms with Crippen LogP contribution in [0.15, 0.2) is 0 Å². The lowest BCUT2D eigenvalue weighted by molar-refractivity contribution is -0.201. The smallest absolute Gasteiger partial charge is 0.328 e. The second kappa shape index (κ2) is 3.98. The molecule has 0 aromatic carbocycles. The highest BCUT2D eigenvalue weighted by Gasteiger charge is 2.37. The normalized spacial score (nSPS) is 17.1. The Morgan fingerprint density at radius 1 is 1.33 bits per heavy atom. The monoisotopic (exact) mass is 214 g/mol. The SMILES string of the molecule is CNC(C)(C)C(=O)ON1C(=O)CCC1=O. The molecule has 1 saturated heterocycles. The Morgan fingerprint density at radius 3 is 2.20 bits per heavy atom. The average Bonchev–Trinajstić information content (AvgIpc) is 2.49. The first-order chi connectivity index (χ1) is 6.88. The van der Waals surface area contributed by atoms with Gasteiger partial charge in [-0.2, -0.15) is 0 Å². The van der Waals surface area contributed by atoms with Crippen LogP contribution in [-0.4, -0.2) is 35.4 Å². The molecule has 1 aliphatic heterocycles. The molecule has 1 N–H and O–H groups in total. The Kier molecular flexibility index (Phi) is 3.09. The predicted octanol–water partition coefficient (Wildman–Crippen LogP) is -0.408. The number of nitrogens with one attached hydrogen (secondary N) is 1. The number of hydrogen-bond acceptors (Lipinski definition) is 5. The van der Waals surface area contributed by atoms with Gasteiger partial charge in [-0.25, -0.2) is 4.79 Å². The minimum Gasteiger partial charge on any atom is -0.328 e. The number of nitrogens with zero attached hydrogens (tertiary/aromatic N) is 1. The Hall–Kier alpha value is -1.43. The molecule has 2 amide bonds. The third-order valence-electron chi connectivity index (χ3n) is 2.32. The highest BCUT2D eigenvalue weighted by Crippen LogP contribution is 2.14. The molecule has 1 aliphatic rings. The molecule has 0 unspecified atom stereocenters. The van der Waals surface area contributed by atoms with Crippen LogP contribution in [0.4, 0.5) is 0 Å². The first-order valence-electron chi connectivity index (χ1n) is 4.65. The molecule has 0 saturated carbocycles. The Morgan fingerprint density at radius 2 is 1.80 bits per heavy atom. The summed E-state index contributed by atoms with van der Waals surface area (Å²) in [5.41, 5.74) is -0.927. The number of carbonyl (C=O) groups excluding carboxylic acids is 3. The van der Waals surface area contributed by atoms with Crippen molar-refractivity contribution in [2.45, 2.75) is 32.2 Å². The molecule has 0 aliphatic carbocycles. The summed E-state index contributed by atoms with van der Waals surface area (Å²) in [6.45, 7) is 3.20. The third-order valence-corrected chi connectivity index (χ3v) is 2.32. The van der Waals surface area contributed by atoms with E-state index in [-0.39, 0.29) is 12.8 Å². The fourth-order valence-electron chi connectivity index (χ4n) is 0.957. The molecular weight excluding hydrogens is 200 g/mol. The molecule has 1 rings (SSSR count). The van der Waals surface area contributed by atoms with E-state index >= 15 is 0 Å². The van der Waals surface area contributed by atoms with E-state index in [1.807, 2.05) is 0 Å². The molecule has 15 heavy (non-hydrogen) atoms. The second-order valence-electron chi connectivity index (χ2n) is 3.84. The lowest BCUT2D eigenvalue weighted by Gasteiger charge is -2.23. The third kappa shape index (κ3) is 2.33. The van der Waals surface area contributed by atoms with Gasteiger partial charge in [-0.3, -0.25) is 9.59 Å². The van der Waals surface area contributed by atoms with Gasteiger partial charge in [-0.1, -0.05) is 0 Å². The van der Waals surface area contributed by atoms with Crippen LogP contribution in [0, 0.1) is 0 Å². The second-order valence-corrected chi connectivity index (χ2v) is 3.84. The van der Waals surface area contributed by atoms with Gasteiger partial charge in [0.15, 0.2) is 0 Å². The van der Waals surface area contributed by atoms with Crippen molar-refractivity contribution in [2.24, 2.45) is 0 Å². The van der Waals surface area contributed by atoms with E-state index in [2.05, 4.69) is 5.32 Å². The van der Waals surface area contributed by atoms with Gasteiger partial charge in [-0.15, -0.1) is 5.06 Å². The van der Waals surface area contributed by atoms with Gasteiger partial charge in [0.25, 0.3) is 11.8 Å². The van der Waals surface area contributed by atoms with E-state index in [1.165, 1.54) is 0 Å². The summed E-state index contributed by atoms with van der Waals surface area (Å²) in [7, 11) is 1.59. The van der Waals surface area contributed by atoms with Gasteiger partial charge in [-0.05, 0) is 20.9 Å². The molecule has 1 heterocycles. The van der Waals surface area contributed by atoms with Gasteiger partial charge < -0.3 is 10.2 Å². The van der Waals surface area contributed by atoms with Gasteiger partial charge >= 0.3 is 5.97 Å². The molecule has 6 heteroatoms. The standard InChI is InChI=1S/C9H14N2O4/c1-9(2,10-3)8(14)15-11-6(12)4-5-7(11)13/h10H,4-5H2,1-3H3. The summed E-state index contributed by atoms with van der Waals surface area (Å²) in [6, 6.07) is 0. The van der Waals surface area contributed by atoms with Crippen LogP contribution < -0.4 is 5.32 Å². The number of hydrogen-bond donors (Lipinski definition) is 1. The van der Waals surface area contributed by atoms with E-state index in [9.17, 15) is 14.4 Å². The van der Waals surface area contributed by atoms with E-state index < -0.39 is 23.3 Å². The summed E-state index contributed by atoms with van der Waals surface area (Å²) in [5, 5.41) is 3.26. The van der Waals surface area contributed by atoms with Crippen LogP contribution in [0.3, 0.4) is 0 Å². The predicted molar refractivity (Wildman–Crippen MR) is 50.3 cm³/mol. The maximum atomic E-state index is 11.5. The summed E-state index contributed by atoms with van der Waals surface area (Å²) in [4.78, 5) is 38.5. The van der Waals surface area contributed by atoms with Crippen molar-refractivity contribution in [1.82, 2.24) is 10.4 Å². The Balaban J connectivity index is 2.66.